The first kappa shape index (κ1) is 16.6. The van der Waals surface area contributed by atoms with Crippen LogP contribution in [0.4, 0.5) is 5.13 Å². The van der Waals surface area contributed by atoms with Crippen LogP contribution in [-0.2, 0) is 4.79 Å². The second-order valence-electron chi connectivity index (χ2n) is 4.67. The maximum Gasteiger partial charge on any atom is 0.261 e. The Kier molecular flexibility index (Phi) is 6.02. The molecule has 0 saturated heterocycles. The van der Waals surface area contributed by atoms with Gasteiger partial charge in [-0.25, -0.2) is 0 Å². The van der Waals surface area contributed by atoms with Gasteiger partial charge in [-0.2, -0.15) is 0 Å². The summed E-state index contributed by atoms with van der Waals surface area (Å²) in [5.41, 5.74) is 0. The highest BCUT2D eigenvalue weighted by Gasteiger charge is 2.15. The number of nitrogens with zero attached hydrogens (tertiary/aromatic N) is 2. The van der Waals surface area contributed by atoms with Crippen LogP contribution in [0.5, 0.6) is 0 Å². The van der Waals surface area contributed by atoms with Crippen molar-refractivity contribution in [2.75, 3.05) is 11.9 Å². The Morgan fingerprint density at radius 1 is 1.27 bits per heavy atom. The van der Waals surface area contributed by atoms with Gasteiger partial charge in [0.25, 0.3) is 5.91 Å². The lowest BCUT2D eigenvalue weighted by atomic mass is 10.1. The van der Waals surface area contributed by atoms with Crippen molar-refractivity contribution < 1.29 is 9.59 Å². The fourth-order valence-electron chi connectivity index (χ4n) is 1.91. The second-order valence-corrected chi connectivity index (χ2v) is 6.62. The zero-order chi connectivity index (χ0) is 15.9. The number of aromatic nitrogens is 2. The number of anilines is 1. The molecule has 0 radical (unpaired) electrons. The molecule has 2 amide bonds. The van der Waals surface area contributed by atoms with Gasteiger partial charge in [-0.1, -0.05) is 31.3 Å². The van der Waals surface area contributed by atoms with E-state index in [1.807, 2.05) is 5.38 Å². The summed E-state index contributed by atoms with van der Waals surface area (Å²) in [6, 6.07) is 3.50. The van der Waals surface area contributed by atoms with Crippen molar-refractivity contribution in [3.63, 3.8) is 0 Å². The molecule has 6 nitrogen and oxygen atoms in total. The van der Waals surface area contributed by atoms with E-state index in [4.69, 9.17) is 0 Å². The molecule has 0 unspecified atom stereocenters. The first-order valence-electron chi connectivity index (χ1n) is 7.09. The third-order valence-corrected chi connectivity index (χ3v) is 5.05. The standard InChI is InChI=1S/C14H18N4O2S2/c1-3-9(4-2)13-17-18-14(22-13)16-11(19)8-15-12(20)10-6-5-7-21-10/h5-7,9H,3-4,8H2,1-2H3,(H,15,20)(H,16,18,19). The van der Waals surface area contributed by atoms with E-state index in [0.29, 0.717) is 15.9 Å². The van der Waals surface area contributed by atoms with Gasteiger partial charge in [0.05, 0.1) is 11.4 Å². The number of hydrogen-bond donors (Lipinski definition) is 2. The van der Waals surface area contributed by atoms with Gasteiger partial charge >= 0.3 is 0 Å². The third-order valence-electron chi connectivity index (χ3n) is 3.18. The van der Waals surface area contributed by atoms with E-state index in [0.717, 1.165) is 17.8 Å². The van der Waals surface area contributed by atoms with Crippen LogP contribution in [0.1, 0.15) is 47.3 Å². The van der Waals surface area contributed by atoms with Gasteiger partial charge in [-0.3, -0.25) is 14.9 Å². The zero-order valence-electron chi connectivity index (χ0n) is 12.5. The van der Waals surface area contributed by atoms with Crippen molar-refractivity contribution in [3.05, 3.63) is 27.4 Å². The van der Waals surface area contributed by atoms with Gasteiger partial charge in [0.1, 0.15) is 5.01 Å². The Labute approximate surface area is 137 Å². The smallest absolute Gasteiger partial charge is 0.261 e. The molecular formula is C14H18N4O2S2. The maximum absolute atomic E-state index is 11.8. The predicted molar refractivity (Wildman–Crippen MR) is 88.5 cm³/mol. The quantitative estimate of drug-likeness (QED) is 0.813. The Morgan fingerprint density at radius 3 is 2.68 bits per heavy atom. The lowest BCUT2D eigenvalue weighted by Crippen LogP contribution is -2.32. The molecule has 2 N–H and O–H groups in total. The van der Waals surface area contributed by atoms with Crippen molar-refractivity contribution >= 4 is 39.6 Å². The molecule has 0 saturated carbocycles. The van der Waals surface area contributed by atoms with Crippen LogP contribution >= 0.6 is 22.7 Å². The molecule has 2 aromatic heterocycles. The van der Waals surface area contributed by atoms with E-state index < -0.39 is 0 Å². The van der Waals surface area contributed by atoms with E-state index in [9.17, 15) is 9.59 Å². The minimum atomic E-state index is -0.308. The first-order chi connectivity index (χ1) is 10.6. The van der Waals surface area contributed by atoms with Crippen molar-refractivity contribution in [2.45, 2.75) is 32.6 Å². The molecular weight excluding hydrogens is 320 g/mol. The molecule has 2 heterocycles. The molecule has 2 aromatic rings. The molecule has 118 valence electrons. The van der Waals surface area contributed by atoms with Crippen LogP contribution in [0.25, 0.3) is 0 Å². The summed E-state index contributed by atoms with van der Waals surface area (Å²) >= 11 is 2.72. The predicted octanol–water partition coefficient (Wildman–Crippen LogP) is 2.87. The summed E-state index contributed by atoms with van der Waals surface area (Å²) in [5, 5.41) is 16.5. The average molecular weight is 338 g/mol. The van der Waals surface area contributed by atoms with Crippen LogP contribution in [0.3, 0.4) is 0 Å². The number of thiophene rings is 1. The molecule has 0 aliphatic heterocycles. The van der Waals surface area contributed by atoms with Gasteiger partial charge in [-0.15, -0.1) is 21.5 Å². The summed E-state index contributed by atoms with van der Waals surface area (Å²) in [5.74, 6) is -0.182. The van der Waals surface area contributed by atoms with Crippen LogP contribution in [0.2, 0.25) is 0 Å². The number of carbonyl (C=O) groups is 2. The summed E-state index contributed by atoms with van der Waals surface area (Å²) in [6.45, 7) is 4.12. The van der Waals surface area contributed by atoms with Crippen molar-refractivity contribution in [2.24, 2.45) is 0 Å². The average Bonchev–Trinajstić information content (AvgIpc) is 3.18. The topological polar surface area (TPSA) is 84.0 Å². The van der Waals surface area contributed by atoms with Gasteiger partial charge in [0.2, 0.25) is 11.0 Å². The van der Waals surface area contributed by atoms with E-state index in [1.54, 1.807) is 12.1 Å². The SMILES string of the molecule is CCC(CC)c1nnc(NC(=O)CNC(=O)c2cccs2)s1. The van der Waals surface area contributed by atoms with Crippen LogP contribution in [0, 0.1) is 0 Å². The molecule has 0 spiro atoms. The van der Waals surface area contributed by atoms with Crippen LogP contribution in [0.15, 0.2) is 17.5 Å². The third kappa shape index (κ3) is 4.35. The summed E-state index contributed by atoms with van der Waals surface area (Å²) in [6.07, 6.45) is 1.99. The lowest BCUT2D eigenvalue weighted by molar-refractivity contribution is -0.115. The van der Waals surface area contributed by atoms with Gasteiger partial charge in [0.15, 0.2) is 0 Å². The van der Waals surface area contributed by atoms with E-state index in [2.05, 4.69) is 34.7 Å². The summed E-state index contributed by atoms with van der Waals surface area (Å²) < 4.78 is 0. The first-order valence-corrected chi connectivity index (χ1v) is 8.78. The summed E-state index contributed by atoms with van der Waals surface area (Å²) in [4.78, 5) is 24.1. The number of carbonyl (C=O) groups excluding carboxylic acids is 2. The molecule has 0 aliphatic rings. The molecule has 0 bridgehead atoms. The second kappa shape index (κ2) is 8.00. The highest BCUT2D eigenvalue weighted by molar-refractivity contribution is 7.15. The fourth-order valence-corrected chi connectivity index (χ4v) is 3.57. The molecule has 8 heteroatoms. The molecule has 0 fully saturated rings. The maximum atomic E-state index is 11.8. The minimum absolute atomic E-state index is 0.0867. The monoisotopic (exact) mass is 338 g/mol. The number of amides is 2. The zero-order valence-corrected chi connectivity index (χ0v) is 14.1. The summed E-state index contributed by atoms with van der Waals surface area (Å²) in [7, 11) is 0. The molecule has 0 aromatic carbocycles. The Hall–Kier alpha value is -1.80. The number of nitrogens with one attached hydrogen (secondary N) is 2. The number of hydrogen-bond acceptors (Lipinski definition) is 6. The van der Waals surface area contributed by atoms with Gasteiger partial charge < -0.3 is 5.32 Å². The fraction of sp³-hybridized carbons (Fsp3) is 0.429. The van der Waals surface area contributed by atoms with E-state index in [1.165, 1.54) is 22.7 Å². The highest BCUT2D eigenvalue weighted by Crippen LogP contribution is 2.27. The van der Waals surface area contributed by atoms with Crippen LogP contribution < -0.4 is 10.6 Å². The van der Waals surface area contributed by atoms with Gasteiger partial charge in [0, 0.05) is 5.92 Å². The normalized spacial score (nSPS) is 10.7. The Balaban J connectivity index is 1.83. The highest BCUT2D eigenvalue weighted by atomic mass is 32.1. The largest absolute Gasteiger partial charge is 0.342 e. The van der Waals surface area contributed by atoms with E-state index >= 15 is 0 Å². The van der Waals surface area contributed by atoms with Crippen molar-refractivity contribution in [1.82, 2.24) is 15.5 Å². The van der Waals surface area contributed by atoms with Crippen LogP contribution in [-0.4, -0.2) is 28.6 Å². The lowest BCUT2D eigenvalue weighted by Gasteiger charge is -2.06. The molecule has 22 heavy (non-hydrogen) atoms. The molecule has 0 aliphatic carbocycles. The van der Waals surface area contributed by atoms with Gasteiger partial charge in [-0.05, 0) is 24.3 Å². The molecule has 2 rings (SSSR count). The van der Waals surface area contributed by atoms with E-state index in [-0.39, 0.29) is 18.4 Å². The number of rotatable bonds is 7. The molecule has 0 atom stereocenters. The Bertz CT molecular complexity index is 621. The Morgan fingerprint density at radius 2 is 2.05 bits per heavy atom. The minimum Gasteiger partial charge on any atom is -0.342 e. The van der Waals surface area contributed by atoms with Crippen molar-refractivity contribution in [1.29, 1.82) is 0 Å². The van der Waals surface area contributed by atoms with Crippen molar-refractivity contribution in [3.8, 4) is 0 Å².